The number of hydrogen-bond acceptors (Lipinski definition) is 6. The van der Waals surface area contributed by atoms with Crippen molar-refractivity contribution in [2.45, 2.75) is 31.0 Å². The lowest BCUT2D eigenvalue weighted by Crippen LogP contribution is -2.55. The van der Waals surface area contributed by atoms with E-state index in [-0.39, 0.29) is 19.0 Å². The zero-order valence-electron chi connectivity index (χ0n) is 18.7. The Labute approximate surface area is 189 Å². The van der Waals surface area contributed by atoms with Crippen LogP contribution in [0, 0.1) is 12.7 Å². The molecule has 2 saturated heterocycles. The molecule has 4 rings (SSSR count). The van der Waals surface area contributed by atoms with Crippen molar-refractivity contribution in [3.63, 3.8) is 0 Å². The van der Waals surface area contributed by atoms with Gasteiger partial charge in [-0.3, -0.25) is 4.90 Å². The van der Waals surface area contributed by atoms with E-state index < -0.39 is 11.2 Å². The number of nitrogens with zero attached hydrogens (tertiary/aromatic N) is 2. The van der Waals surface area contributed by atoms with E-state index in [9.17, 15) is 14.6 Å². The van der Waals surface area contributed by atoms with Crippen LogP contribution in [0.2, 0.25) is 0 Å². The molecule has 2 N–H and O–H groups in total. The van der Waals surface area contributed by atoms with Crippen LogP contribution >= 0.6 is 0 Å². The Balaban J connectivity index is 1.34. The Kier molecular flexibility index (Phi) is 7.00. The highest BCUT2D eigenvalue weighted by atomic mass is 19.1. The number of β-amino-alcohol motifs (C(OH)–C–C–N with tert-alkyl or cyclic N) is 2. The molecule has 2 heterocycles. The number of anilines is 1. The first-order valence-corrected chi connectivity index (χ1v) is 11.3. The normalized spacial score (nSPS) is 24.2. The Hall–Kier alpha value is -2.19. The van der Waals surface area contributed by atoms with Crippen molar-refractivity contribution in [2.24, 2.45) is 0 Å². The van der Waals surface area contributed by atoms with Crippen molar-refractivity contribution in [2.75, 3.05) is 57.4 Å². The van der Waals surface area contributed by atoms with E-state index in [0.29, 0.717) is 63.6 Å². The number of ether oxygens (including phenoxy) is 2. The molecule has 7 heteroatoms. The summed E-state index contributed by atoms with van der Waals surface area (Å²) in [6, 6.07) is 14.5. The smallest absolute Gasteiger partial charge is 0.146 e. The molecule has 0 spiro atoms. The SMILES string of the molecule is Cc1cccc(OC[C@@]2(O)COCCN(CC3(O)CCN(c4ccccc4F)CC3)C2)c1. The number of benzene rings is 2. The monoisotopic (exact) mass is 444 g/mol. The number of hydrogen-bond donors (Lipinski definition) is 2. The van der Waals surface area contributed by atoms with E-state index >= 15 is 0 Å². The van der Waals surface area contributed by atoms with Crippen LogP contribution in [0.4, 0.5) is 10.1 Å². The van der Waals surface area contributed by atoms with Crippen molar-refractivity contribution in [1.29, 1.82) is 0 Å². The summed E-state index contributed by atoms with van der Waals surface area (Å²) >= 11 is 0. The molecule has 1 atom stereocenters. The molecule has 2 aliphatic rings. The van der Waals surface area contributed by atoms with E-state index in [0.717, 1.165) is 5.56 Å². The van der Waals surface area contributed by atoms with Crippen molar-refractivity contribution >= 4 is 5.69 Å². The highest BCUT2D eigenvalue weighted by Crippen LogP contribution is 2.29. The molecule has 32 heavy (non-hydrogen) atoms. The number of aliphatic hydroxyl groups is 2. The molecule has 0 amide bonds. The highest BCUT2D eigenvalue weighted by Gasteiger charge is 2.39. The second-order valence-electron chi connectivity index (χ2n) is 9.26. The molecule has 0 radical (unpaired) electrons. The van der Waals surface area contributed by atoms with E-state index in [1.807, 2.05) is 42.2 Å². The summed E-state index contributed by atoms with van der Waals surface area (Å²) in [6.07, 6.45) is 1.08. The van der Waals surface area contributed by atoms with Gasteiger partial charge in [0.25, 0.3) is 0 Å². The fourth-order valence-corrected chi connectivity index (χ4v) is 4.59. The van der Waals surface area contributed by atoms with Gasteiger partial charge >= 0.3 is 0 Å². The average Bonchev–Trinajstić information content (AvgIpc) is 2.95. The maximum Gasteiger partial charge on any atom is 0.146 e. The molecule has 0 saturated carbocycles. The average molecular weight is 445 g/mol. The summed E-state index contributed by atoms with van der Waals surface area (Å²) in [6.45, 7) is 5.39. The zero-order valence-corrected chi connectivity index (χ0v) is 18.7. The molecular formula is C25H33FN2O4. The fraction of sp³-hybridized carbons (Fsp3) is 0.520. The highest BCUT2D eigenvalue weighted by molar-refractivity contribution is 5.48. The minimum absolute atomic E-state index is 0.118. The van der Waals surface area contributed by atoms with Gasteiger partial charge in [0.15, 0.2) is 0 Å². The third kappa shape index (κ3) is 5.78. The van der Waals surface area contributed by atoms with Crippen molar-refractivity contribution in [3.05, 3.63) is 59.9 Å². The number of halogens is 1. The topological polar surface area (TPSA) is 65.4 Å². The minimum Gasteiger partial charge on any atom is -0.490 e. The lowest BCUT2D eigenvalue weighted by atomic mass is 9.90. The predicted molar refractivity (Wildman–Crippen MR) is 122 cm³/mol. The van der Waals surface area contributed by atoms with Crippen molar-refractivity contribution in [1.82, 2.24) is 4.90 Å². The molecule has 0 aliphatic carbocycles. The van der Waals surface area contributed by atoms with Crippen molar-refractivity contribution in [3.8, 4) is 5.75 Å². The Morgan fingerprint density at radius 2 is 1.81 bits per heavy atom. The van der Waals surface area contributed by atoms with Crippen LogP contribution in [-0.2, 0) is 4.74 Å². The van der Waals surface area contributed by atoms with Crippen LogP contribution in [0.5, 0.6) is 5.75 Å². The number of para-hydroxylation sites is 1. The molecule has 0 aromatic heterocycles. The largest absolute Gasteiger partial charge is 0.490 e. The van der Waals surface area contributed by atoms with Gasteiger partial charge in [0.1, 0.15) is 23.8 Å². The summed E-state index contributed by atoms with van der Waals surface area (Å²) in [5.74, 6) is 0.481. The Morgan fingerprint density at radius 1 is 1.03 bits per heavy atom. The quantitative estimate of drug-likeness (QED) is 0.714. The van der Waals surface area contributed by atoms with E-state index in [2.05, 4.69) is 4.90 Å². The van der Waals surface area contributed by atoms with E-state index in [4.69, 9.17) is 9.47 Å². The van der Waals surface area contributed by atoms with Crippen LogP contribution in [0.15, 0.2) is 48.5 Å². The number of piperidine rings is 1. The summed E-state index contributed by atoms with van der Waals surface area (Å²) < 4.78 is 25.6. The second kappa shape index (κ2) is 9.75. The standard InChI is InChI=1S/C25H33FN2O4/c1-20-5-4-6-21(15-20)32-19-25(30)17-27(13-14-31-18-25)16-24(29)9-11-28(12-10-24)23-8-3-2-7-22(23)26/h2-8,15,29-30H,9-14,16-19H2,1H3/t25-/m0/s1. The maximum atomic E-state index is 14.1. The molecule has 2 aliphatic heterocycles. The minimum atomic E-state index is -1.16. The van der Waals surface area contributed by atoms with Gasteiger partial charge in [-0.1, -0.05) is 24.3 Å². The Bertz CT molecular complexity index is 903. The molecular weight excluding hydrogens is 411 g/mol. The third-order valence-electron chi connectivity index (χ3n) is 6.34. The van der Waals surface area contributed by atoms with Crippen LogP contribution in [-0.4, -0.2) is 78.9 Å². The predicted octanol–water partition coefficient (Wildman–Crippen LogP) is 2.61. The van der Waals surface area contributed by atoms with Gasteiger partial charge in [0.2, 0.25) is 0 Å². The van der Waals surface area contributed by atoms with Gasteiger partial charge in [-0.25, -0.2) is 4.39 Å². The summed E-state index contributed by atoms with van der Waals surface area (Å²) in [5.41, 5.74) is -0.368. The van der Waals surface area contributed by atoms with Gasteiger partial charge in [0, 0.05) is 32.7 Å². The van der Waals surface area contributed by atoms with Crippen LogP contribution in [0.25, 0.3) is 0 Å². The number of rotatable bonds is 6. The molecule has 0 unspecified atom stereocenters. The second-order valence-corrected chi connectivity index (χ2v) is 9.26. The molecule has 174 valence electrons. The first-order valence-electron chi connectivity index (χ1n) is 11.3. The lowest BCUT2D eigenvalue weighted by molar-refractivity contribution is -0.0742. The first kappa shape index (κ1) is 23.0. The molecule has 2 aromatic carbocycles. The lowest BCUT2D eigenvalue weighted by Gasteiger charge is -2.42. The third-order valence-corrected chi connectivity index (χ3v) is 6.34. The van der Waals surface area contributed by atoms with Crippen LogP contribution < -0.4 is 9.64 Å². The van der Waals surface area contributed by atoms with E-state index in [1.54, 1.807) is 12.1 Å². The fourth-order valence-electron chi connectivity index (χ4n) is 4.59. The molecule has 6 nitrogen and oxygen atoms in total. The zero-order chi connectivity index (χ0) is 22.6. The molecule has 2 aromatic rings. The molecule has 0 bridgehead atoms. The van der Waals surface area contributed by atoms with Gasteiger partial charge < -0.3 is 24.6 Å². The van der Waals surface area contributed by atoms with Gasteiger partial charge in [0.05, 0.1) is 24.5 Å². The van der Waals surface area contributed by atoms with E-state index in [1.165, 1.54) is 6.07 Å². The van der Waals surface area contributed by atoms with Gasteiger partial charge in [-0.15, -0.1) is 0 Å². The van der Waals surface area contributed by atoms with Crippen LogP contribution in [0.3, 0.4) is 0 Å². The van der Waals surface area contributed by atoms with Crippen molar-refractivity contribution < 1.29 is 24.1 Å². The summed E-state index contributed by atoms with van der Waals surface area (Å²) in [7, 11) is 0. The van der Waals surface area contributed by atoms with Crippen LogP contribution in [0.1, 0.15) is 18.4 Å². The van der Waals surface area contributed by atoms with Gasteiger partial charge in [-0.05, 0) is 49.6 Å². The Morgan fingerprint density at radius 3 is 2.56 bits per heavy atom. The molecule has 2 fully saturated rings. The maximum absolute atomic E-state index is 14.1. The summed E-state index contributed by atoms with van der Waals surface area (Å²) in [5, 5.41) is 22.4. The number of aryl methyl sites for hydroxylation is 1. The summed E-state index contributed by atoms with van der Waals surface area (Å²) in [4.78, 5) is 4.05. The van der Waals surface area contributed by atoms with Gasteiger partial charge in [-0.2, -0.15) is 0 Å². The first-order chi connectivity index (χ1) is 15.3.